The molecule has 1 aromatic carbocycles. The van der Waals surface area contributed by atoms with Crippen LogP contribution in [0.25, 0.3) is 10.9 Å². The number of nitrogens with zero attached hydrogens (tertiary/aromatic N) is 2. The first-order valence-electron chi connectivity index (χ1n) is 7.58. The molecule has 0 unspecified atom stereocenters. The van der Waals surface area contributed by atoms with Crippen LogP contribution in [0.4, 0.5) is 0 Å². The second kappa shape index (κ2) is 5.01. The average molecular weight is 287 g/mol. The number of rotatable bonds is 5. The number of para-hydroxylation sites is 1. The molecule has 0 radical (unpaired) electrons. The molecule has 2 aliphatic rings. The fraction of sp³-hybridized carbons (Fsp3) is 0.471. The van der Waals surface area contributed by atoms with Crippen LogP contribution in [-0.4, -0.2) is 22.5 Å². The molecule has 1 heterocycles. The van der Waals surface area contributed by atoms with Crippen molar-refractivity contribution >= 4 is 22.5 Å². The summed E-state index contributed by atoms with van der Waals surface area (Å²) in [4.78, 5) is 7.16. The normalized spacial score (nSPS) is 18.9. The number of aromatic nitrogens is 1. The predicted octanol–water partition coefficient (Wildman–Crippen LogP) is 4.26. The van der Waals surface area contributed by atoms with Gasteiger partial charge in [0.2, 0.25) is 0 Å². The Labute approximate surface area is 124 Å². The Balaban J connectivity index is 1.61. The first-order chi connectivity index (χ1) is 9.79. The molecule has 2 aromatic rings. The minimum absolute atomic E-state index is 0.671. The molecule has 0 aliphatic heterocycles. The van der Waals surface area contributed by atoms with Crippen molar-refractivity contribution in [1.82, 2.24) is 9.88 Å². The largest absolute Gasteiger partial charge is 0.296 e. The molecule has 2 saturated carbocycles. The third kappa shape index (κ3) is 2.68. The summed E-state index contributed by atoms with van der Waals surface area (Å²) in [6, 6.07) is 11.2. The molecule has 2 aliphatic carbocycles. The van der Waals surface area contributed by atoms with E-state index in [1.807, 2.05) is 12.1 Å². The molecule has 4 rings (SSSR count). The molecule has 2 fully saturated rings. The van der Waals surface area contributed by atoms with Crippen molar-refractivity contribution in [1.29, 1.82) is 0 Å². The van der Waals surface area contributed by atoms with Gasteiger partial charge in [-0.25, -0.2) is 4.98 Å². The molecule has 0 N–H and O–H groups in total. The zero-order valence-electron chi connectivity index (χ0n) is 11.6. The van der Waals surface area contributed by atoms with Crippen LogP contribution in [0.2, 0.25) is 5.15 Å². The summed E-state index contributed by atoms with van der Waals surface area (Å²) in [5.41, 5.74) is 2.17. The predicted molar refractivity (Wildman–Crippen MR) is 82.9 cm³/mol. The molecule has 104 valence electrons. The van der Waals surface area contributed by atoms with Crippen LogP contribution in [0.15, 0.2) is 30.3 Å². The fourth-order valence-corrected chi connectivity index (χ4v) is 3.09. The van der Waals surface area contributed by atoms with Crippen LogP contribution in [0.3, 0.4) is 0 Å². The van der Waals surface area contributed by atoms with Gasteiger partial charge in [0, 0.05) is 30.1 Å². The van der Waals surface area contributed by atoms with Gasteiger partial charge in [-0.05, 0) is 43.7 Å². The van der Waals surface area contributed by atoms with E-state index in [1.165, 1.54) is 43.2 Å². The molecule has 3 heteroatoms. The highest BCUT2D eigenvalue weighted by Crippen LogP contribution is 2.36. The summed E-state index contributed by atoms with van der Waals surface area (Å²) in [7, 11) is 0. The van der Waals surface area contributed by atoms with Crippen LogP contribution < -0.4 is 0 Å². The highest BCUT2D eigenvalue weighted by Gasteiger charge is 2.33. The lowest BCUT2D eigenvalue weighted by Crippen LogP contribution is -2.28. The summed E-state index contributed by atoms with van der Waals surface area (Å²) in [6.07, 6.45) is 5.52. The molecule has 0 atom stereocenters. The first-order valence-corrected chi connectivity index (χ1v) is 7.95. The van der Waals surface area contributed by atoms with Crippen molar-refractivity contribution in [2.45, 2.75) is 38.3 Å². The number of benzene rings is 1. The Morgan fingerprint density at radius 2 is 1.95 bits per heavy atom. The lowest BCUT2D eigenvalue weighted by atomic mass is 10.1. The summed E-state index contributed by atoms with van der Waals surface area (Å²) in [6.45, 7) is 2.20. The lowest BCUT2D eigenvalue weighted by Gasteiger charge is -2.22. The molecule has 0 saturated heterocycles. The second-order valence-electron chi connectivity index (χ2n) is 6.23. The topological polar surface area (TPSA) is 16.1 Å². The smallest absolute Gasteiger partial charge is 0.134 e. The highest BCUT2D eigenvalue weighted by molar-refractivity contribution is 6.30. The van der Waals surface area contributed by atoms with Gasteiger partial charge >= 0.3 is 0 Å². The average Bonchev–Trinajstić information content (AvgIpc) is 3.32. The number of fused-ring (bicyclic) bond motifs is 1. The van der Waals surface area contributed by atoms with Crippen molar-refractivity contribution in [3.05, 3.63) is 41.0 Å². The Morgan fingerprint density at radius 1 is 1.15 bits per heavy atom. The molecular weight excluding hydrogens is 268 g/mol. The van der Waals surface area contributed by atoms with E-state index in [1.54, 1.807) is 0 Å². The molecule has 20 heavy (non-hydrogen) atoms. The monoisotopic (exact) mass is 286 g/mol. The maximum Gasteiger partial charge on any atom is 0.134 e. The van der Waals surface area contributed by atoms with Gasteiger partial charge in [-0.1, -0.05) is 29.8 Å². The van der Waals surface area contributed by atoms with Gasteiger partial charge in [0.15, 0.2) is 0 Å². The molecule has 1 aromatic heterocycles. The van der Waals surface area contributed by atoms with Gasteiger partial charge in [0.1, 0.15) is 5.15 Å². The van der Waals surface area contributed by atoms with Crippen molar-refractivity contribution in [3.8, 4) is 0 Å². The Bertz CT molecular complexity index is 632. The molecule has 0 amide bonds. The number of hydrogen-bond donors (Lipinski definition) is 0. The second-order valence-corrected chi connectivity index (χ2v) is 6.59. The summed E-state index contributed by atoms with van der Waals surface area (Å²) in [5.74, 6) is 0.933. The zero-order chi connectivity index (χ0) is 13.5. The van der Waals surface area contributed by atoms with Crippen molar-refractivity contribution in [2.75, 3.05) is 6.54 Å². The van der Waals surface area contributed by atoms with Crippen LogP contribution in [0, 0.1) is 5.92 Å². The molecular formula is C17H19ClN2. The minimum Gasteiger partial charge on any atom is -0.296 e. The third-order valence-corrected chi connectivity index (χ3v) is 4.70. The van der Waals surface area contributed by atoms with Gasteiger partial charge in [-0.15, -0.1) is 0 Å². The van der Waals surface area contributed by atoms with Gasteiger partial charge in [0.05, 0.1) is 5.52 Å². The Morgan fingerprint density at radius 3 is 2.70 bits per heavy atom. The quantitative estimate of drug-likeness (QED) is 0.764. The lowest BCUT2D eigenvalue weighted by molar-refractivity contribution is 0.244. The van der Waals surface area contributed by atoms with Crippen molar-refractivity contribution in [2.24, 2.45) is 5.92 Å². The third-order valence-electron chi connectivity index (χ3n) is 4.38. The SMILES string of the molecule is Clc1nc2ccccc2cc1CN(CC1CC1)C1CC1. The fourth-order valence-electron chi connectivity index (χ4n) is 2.88. The summed E-state index contributed by atoms with van der Waals surface area (Å²) < 4.78 is 0. The zero-order valence-corrected chi connectivity index (χ0v) is 12.3. The number of hydrogen-bond acceptors (Lipinski definition) is 2. The van der Waals surface area contributed by atoms with Crippen molar-refractivity contribution < 1.29 is 0 Å². The highest BCUT2D eigenvalue weighted by atomic mass is 35.5. The maximum atomic E-state index is 6.39. The van der Waals surface area contributed by atoms with E-state index >= 15 is 0 Å². The van der Waals surface area contributed by atoms with Crippen molar-refractivity contribution in [3.63, 3.8) is 0 Å². The van der Waals surface area contributed by atoms with Gasteiger partial charge in [0.25, 0.3) is 0 Å². The number of halogens is 1. The standard InChI is InChI=1S/C17H19ClN2/c18-17-14(9-13-3-1-2-4-16(13)19-17)11-20(15-7-8-15)10-12-5-6-12/h1-4,9,12,15H,5-8,10-11H2. The molecule has 2 nitrogen and oxygen atoms in total. The van der Waals surface area contributed by atoms with E-state index in [9.17, 15) is 0 Å². The first kappa shape index (κ1) is 12.6. The van der Waals surface area contributed by atoms with E-state index in [-0.39, 0.29) is 0 Å². The van der Waals surface area contributed by atoms with E-state index in [0.29, 0.717) is 5.15 Å². The summed E-state index contributed by atoms with van der Waals surface area (Å²) >= 11 is 6.39. The number of pyridine rings is 1. The van der Waals surface area contributed by atoms with E-state index in [2.05, 4.69) is 28.1 Å². The molecule has 0 bridgehead atoms. The molecule has 0 spiro atoms. The van der Waals surface area contributed by atoms with Crippen LogP contribution in [0.1, 0.15) is 31.2 Å². The Kier molecular flexibility index (Phi) is 3.16. The van der Waals surface area contributed by atoms with E-state index in [0.717, 1.165) is 24.0 Å². The maximum absolute atomic E-state index is 6.39. The summed E-state index contributed by atoms with van der Waals surface area (Å²) in [5, 5.41) is 1.86. The van der Waals surface area contributed by atoms with Crippen LogP contribution in [0.5, 0.6) is 0 Å². The van der Waals surface area contributed by atoms with Gasteiger partial charge in [-0.2, -0.15) is 0 Å². The van der Waals surface area contributed by atoms with E-state index < -0.39 is 0 Å². The Hall–Kier alpha value is -1.12. The van der Waals surface area contributed by atoms with Crippen LogP contribution >= 0.6 is 11.6 Å². The minimum atomic E-state index is 0.671. The van der Waals surface area contributed by atoms with E-state index in [4.69, 9.17) is 11.6 Å². The van der Waals surface area contributed by atoms with Crippen LogP contribution in [-0.2, 0) is 6.54 Å². The van der Waals surface area contributed by atoms with Gasteiger partial charge < -0.3 is 0 Å². The van der Waals surface area contributed by atoms with Gasteiger partial charge in [-0.3, -0.25) is 4.90 Å².